The summed E-state index contributed by atoms with van der Waals surface area (Å²) in [7, 11) is -3.09. The lowest BCUT2D eigenvalue weighted by molar-refractivity contribution is -0.118. The van der Waals surface area contributed by atoms with Gasteiger partial charge in [0, 0.05) is 28.9 Å². The molecular weight excluding hydrogens is 454 g/mol. The molecule has 182 valence electrons. The highest BCUT2D eigenvalue weighted by Gasteiger charge is 2.33. The molecule has 3 heterocycles. The van der Waals surface area contributed by atoms with Crippen molar-refractivity contribution in [3.63, 3.8) is 0 Å². The topological polar surface area (TPSA) is 103 Å². The van der Waals surface area contributed by atoms with E-state index in [0.29, 0.717) is 18.0 Å². The van der Waals surface area contributed by atoms with Crippen molar-refractivity contribution in [3.05, 3.63) is 41.3 Å². The zero-order chi connectivity index (χ0) is 24.1. The molecular formula is C25H31N3O5S. The molecule has 1 fully saturated rings. The third-order valence-electron chi connectivity index (χ3n) is 6.62. The average molecular weight is 486 g/mol. The van der Waals surface area contributed by atoms with Crippen LogP contribution in [-0.4, -0.2) is 42.2 Å². The quantitative estimate of drug-likeness (QED) is 0.581. The smallest absolute Gasteiger partial charge is 0.263 e. The molecule has 0 saturated carbocycles. The maximum Gasteiger partial charge on any atom is 0.263 e. The maximum atomic E-state index is 12.8. The number of aryl methyl sites for hydroxylation is 2. The number of fused-ring (bicyclic) bond motifs is 3. The van der Waals surface area contributed by atoms with E-state index < -0.39 is 9.84 Å². The lowest BCUT2D eigenvalue weighted by Crippen LogP contribution is -2.24. The highest BCUT2D eigenvalue weighted by molar-refractivity contribution is 7.91. The number of nitrogens with zero attached hydrogens (tertiary/aromatic N) is 2. The van der Waals surface area contributed by atoms with Gasteiger partial charge in [-0.15, -0.1) is 0 Å². The van der Waals surface area contributed by atoms with Gasteiger partial charge in [-0.25, -0.2) is 13.1 Å². The number of benzene rings is 1. The number of carbonyl (C=O) groups is 1. The predicted molar refractivity (Wildman–Crippen MR) is 130 cm³/mol. The number of anilines is 1. The summed E-state index contributed by atoms with van der Waals surface area (Å²) < 4.78 is 37.5. The lowest BCUT2D eigenvalue weighted by Gasteiger charge is -2.15. The number of rotatable bonds is 5. The molecule has 1 saturated heterocycles. The van der Waals surface area contributed by atoms with Gasteiger partial charge in [0.25, 0.3) is 5.91 Å². The normalized spacial score (nSPS) is 19.8. The molecule has 2 aliphatic rings. The van der Waals surface area contributed by atoms with Crippen molar-refractivity contribution in [1.82, 2.24) is 9.78 Å². The minimum Gasteiger partial charge on any atom is -0.484 e. The fraction of sp³-hybridized carbons (Fsp3) is 0.520. The molecule has 1 aromatic carbocycles. The number of sulfone groups is 1. The Morgan fingerprint density at radius 1 is 1.24 bits per heavy atom. The first-order chi connectivity index (χ1) is 16.1. The largest absolute Gasteiger partial charge is 0.484 e. The summed E-state index contributed by atoms with van der Waals surface area (Å²) in [6.45, 7) is 5.93. The van der Waals surface area contributed by atoms with E-state index in [1.165, 1.54) is 5.56 Å². The monoisotopic (exact) mass is 485 g/mol. The first kappa shape index (κ1) is 23.0. The molecule has 0 radical (unpaired) electrons. The minimum absolute atomic E-state index is 0.0344. The van der Waals surface area contributed by atoms with Gasteiger partial charge in [-0.3, -0.25) is 4.79 Å². The van der Waals surface area contributed by atoms with Crippen molar-refractivity contribution in [2.75, 3.05) is 23.4 Å². The first-order valence-electron chi connectivity index (χ1n) is 11.9. The fourth-order valence-electron chi connectivity index (χ4n) is 4.76. The van der Waals surface area contributed by atoms with Gasteiger partial charge in [0.05, 0.1) is 23.2 Å². The molecule has 1 N–H and O–H groups in total. The van der Waals surface area contributed by atoms with Crippen LogP contribution in [0.4, 0.5) is 5.82 Å². The van der Waals surface area contributed by atoms with Crippen LogP contribution in [0.25, 0.3) is 11.0 Å². The molecule has 1 atom stereocenters. The summed E-state index contributed by atoms with van der Waals surface area (Å²) in [5.41, 5.74) is 2.66. The lowest BCUT2D eigenvalue weighted by atomic mass is 9.92. The third kappa shape index (κ3) is 4.58. The summed E-state index contributed by atoms with van der Waals surface area (Å²) in [6.07, 6.45) is 4.76. The molecule has 0 spiro atoms. The number of amides is 1. The van der Waals surface area contributed by atoms with Gasteiger partial charge >= 0.3 is 0 Å². The van der Waals surface area contributed by atoms with Gasteiger partial charge in [-0.05, 0) is 43.9 Å². The molecule has 34 heavy (non-hydrogen) atoms. The van der Waals surface area contributed by atoms with E-state index in [-0.39, 0.29) is 35.5 Å². The van der Waals surface area contributed by atoms with Crippen LogP contribution >= 0.6 is 0 Å². The van der Waals surface area contributed by atoms with Crippen molar-refractivity contribution in [2.45, 2.75) is 64.3 Å². The number of nitrogens with one attached hydrogen (secondary N) is 1. The van der Waals surface area contributed by atoms with Crippen LogP contribution in [-0.2, 0) is 32.9 Å². The Balaban J connectivity index is 1.31. The van der Waals surface area contributed by atoms with Crippen molar-refractivity contribution in [2.24, 2.45) is 0 Å². The summed E-state index contributed by atoms with van der Waals surface area (Å²) in [6, 6.07) is 7.20. The summed E-state index contributed by atoms with van der Waals surface area (Å²) >= 11 is 0. The van der Waals surface area contributed by atoms with E-state index >= 15 is 0 Å². The van der Waals surface area contributed by atoms with Gasteiger partial charge in [-0.2, -0.15) is 5.10 Å². The highest BCUT2D eigenvalue weighted by atomic mass is 32.2. The molecule has 9 heteroatoms. The van der Waals surface area contributed by atoms with E-state index in [2.05, 4.69) is 10.4 Å². The zero-order valence-corrected chi connectivity index (χ0v) is 20.7. The van der Waals surface area contributed by atoms with Crippen LogP contribution in [0, 0.1) is 0 Å². The van der Waals surface area contributed by atoms with Gasteiger partial charge in [-0.1, -0.05) is 20.8 Å². The van der Waals surface area contributed by atoms with Gasteiger partial charge in [0.15, 0.2) is 16.4 Å². The SMILES string of the molecule is CC(C)(C)c1cc(NC(=O)COc2ccc3oc4c(c3c2)CCCC4)n(C2CCS(=O)(=O)C2)n1. The fourth-order valence-corrected chi connectivity index (χ4v) is 6.45. The summed E-state index contributed by atoms with van der Waals surface area (Å²) in [5, 5.41) is 8.60. The van der Waals surface area contributed by atoms with Crippen LogP contribution in [0.1, 0.15) is 63.1 Å². The summed E-state index contributed by atoms with van der Waals surface area (Å²) in [4.78, 5) is 12.8. The second-order valence-electron chi connectivity index (χ2n) is 10.4. The number of aromatic nitrogens is 2. The molecule has 1 amide bonds. The van der Waals surface area contributed by atoms with E-state index in [1.54, 1.807) is 4.68 Å². The summed E-state index contributed by atoms with van der Waals surface area (Å²) in [5.74, 6) is 2.03. The molecule has 3 aromatic rings. The molecule has 5 rings (SSSR count). The van der Waals surface area contributed by atoms with Gasteiger partial charge in [0.2, 0.25) is 0 Å². The molecule has 0 bridgehead atoms. The van der Waals surface area contributed by atoms with Gasteiger partial charge in [0.1, 0.15) is 22.9 Å². The van der Waals surface area contributed by atoms with Crippen LogP contribution in [0.3, 0.4) is 0 Å². The molecule has 1 unspecified atom stereocenters. The molecule has 1 aliphatic heterocycles. The van der Waals surface area contributed by atoms with E-state index in [4.69, 9.17) is 9.15 Å². The van der Waals surface area contributed by atoms with E-state index in [9.17, 15) is 13.2 Å². The third-order valence-corrected chi connectivity index (χ3v) is 8.37. The Hall–Kier alpha value is -2.81. The van der Waals surface area contributed by atoms with Gasteiger partial charge < -0.3 is 14.5 Å². The van der Waals surface area contributed by atoms with Crippen LogP contribution < -0.4 is 10.1 Å². The molecule has 1 aliphatic carbocycles. The van der Waals surface area contributed by atoms with Crippen molar-refractivity contribution in [1.29, 1.82) is 0 Å². The number of hydrogen-bond donors (Lipinski definition) is 1. The predicted octanol–water partition coefficient (Wildman–Crippen LogP) is 4.18. The minimum atomic E-state index is -3.09. The Kier molecular flexibility index (Phi) is 5.70. The second kappa shape index (κ2) is 8.45. The average Bonchev–Trinajstić information content (AvgIpc) is 3.46. The Morgan fingerprint density at radius 3 is 2.76 bits per heavy atom. The first-order valence-corrected chi connectivity index (χ1v) is 13.7. The van der Waals surface area contributed by atoms with Crippen LogP contribution in [0.5, 0.6) is 5.75 Å². The second-order valence-corrected chi connectivity index (χ2v) is 12.6. The number of ether oxygens (including phenoxy) is 1. The Morgan fingerprint density at radius 2 is 2.03 bits per heavy atom. The van der Waals surface area contributed by atoms with E-state index in [1.807, 2.05) is 45.0 Å². The van der Waals surface area contributed by atoms with E-state index in [0.717, 1.165) is 48.1 Å². The number of hydrogen-bond acceptors (Lipinski definition) is 6. The molecule has 2 aromatic heterocycles. The standard InChI is InChI=1S/C25H31N3O5S/c1-25(2,3)22-13-23(28(27-22)16-10-11-34(30,31)15-16)26-24(29)14-32-17-8-9-21-19(12-17)18-6-4-5-7-20(18)33-21/h8-9,12-13,16H,4-7,10-11,14-15H2,1-3H3,(H,26,29). The van der Waals surface area contributed by atoms with Crippen LogP contribution in [0.15, 0.2) is 28.7 Å². The number of carbonyl (C=O) groups excluding carboxylic acids is 1. The van der Waals surface area contributed by atoms with Crippen molar-refractivity contribution < 1.29 is 22.4 Å². The van der Waals surface area contributed by atoms with Crippen molar-refractivity contribution >= 4 is 32.5 Å². The maximum absolute atomic E-state index is 12.8. The zero-order valence-electron chi connectivity index (χ0n) is 19.9. The Labute approximate surface area is 199 Å². The van der Waals surface area contributed by atoms with Crippen LogP contribution in [0.2, 0.25) is 0 Å². The Bertz CT molecular complexity index is 1350. The highest BCUT2D eigenvalue weighted by Crippen LogP contribution is 2.34. The molecule has 8 nitrogen and oxygen atoms in total. The van der Waals surface area contributed by atoms with Crippen molar-refractivity contribution in [3.8, 4) is 5.75 Å². The number of furan rings is 1.